The molecule has 4 rings (SSSR count). The van der Waals surface area contributed by atoms with Crippen molar-refractivity contribution in [1.82, 2.24) is 4.68 Å². The van der Waals surface area contributed by atoms with Crippen molar-refractivity contribution < 1.29 is 14.4 Å². The molecule has 35 heavy (non-hydrogen) atoms. The minimum absolute atomic E-state index is 0.108. The van der Waals surface area contributed by atoms with Crippen molar-refractivity contribution in [2.45, 2.75) is 6.92 Å². The van der Waals surface area contributed by atoms with Gasteiger partial charge in [0, 0.05) is 20.0 Å². The highest BCUT2D eigenvalue weighted by atomic mass is 79.9. The van der Waals surface area contributed by atoms with Gasteiger partial charge in [0.2, 0.25) is 0 Å². The molecule has 0 bridgehead atoms. The van der Waals surface area contributed by atoms with Gasteiger partial charge in [0.25, 0.3) is 5.91 Å². The summed E-state index contributed by atoms with van der Waals surface area (Å²) in [6.45, 7) is 1.86. The Morgan fingerprint density at radius 3 is 2.29 bits per heavy atom. The molecular weight excluding hydrogens is 623 g/mol. The molecule has 3 N–H and O–H groups in total. The third kappa shape index (κ3) is 5.54. The lowest BCUT2D eigenvalue weighted by Crippen LogP contribution is -2.36. The molecule has 0 atom stereocenters. The second-order valence-corrected chi connectivity index (χ2v) is 10.1. The summed E-state index contributed by atoms with van der Waals surface area (Å²) in [7, 11) is 0. The van der Waals surface area contributed by atoms with Crippen LogP contribution in [0.4, 0.5) is 11.4 Å². The first-order chi connectivity index (χ1) is 16.6. The highest BCUT2D eigenvalue weighted by Crippen LogP contribution is 2.29. The molecule has 1 aromatic heterocycles. The molecule has 0 aliphatic rings. The molecule has 3 amide bonds. The summed E-state index contributed by atoms with van der Waals surface area (Å²) in [5.41, 5.74) is 4.79. The fourth-order valence-corrected chi connectivity index (χ4v) is 4.56. The molecule has 7 nitrogen and oxygen atoms in total. The molecular formula is C24H16Br2Cl2N4O3. The standard InChI is InChI=1S/C24H16Br2Cl2N4O3/c1-12-9-14(25)5-7-17(12)29-22(33)20-11-13-10-15(26)6-8-19(13)32(20)31-24(35)23(34)30-18-4-2-3-16(27)21(18)28/h2-11H,1H3,(H,29,33)(H,30,34)(H,31,35). The molecule has 1 heterocycles. The van der Waals surface area contributed by atoms with Crippen LogP contribution in [-0.4, -0.2) is 22.4 Å². The quantitative estimate of drug-likeness (QED) is 0.216. The van der Waals surface area contributed by atoms with Gasteiger partial charge in [-0.15, -0.1) is 0 Å². The Morgan fingerprint density at radius 2 is 1.54 bits per heavy atom. The highest BCUT2D eigenvalue weighted by Gasteiger charge is 2.22. The molecule has 178 valence electrons. The number of amides is 3. The van der Waals surface area contributed by atoms with E-state index in [1.807, 2.05) is 19.1 Å². The van der Waals surface area contributed by atoms with E-state index in [9.17, 15) is 14.4 Å². The Morgan fingerprint density at radius 1 is 0.829 bits per heavy atom. The predicted octanol–water partition coefficient (Wildman–Crippen LogP) is 6.74. The minimum atomic E-state index is -1.00. The number of fused-ring (bicyclic) bond motifs is 1. The van der Waals surface area contributed by atoms with E-state index in [1.54, 1.807) is 42.5 Å². The van der Waals surface area contributed by atoms with Gasteiger partial charge in [-0.25, -0.2) is 4.68 Å². The number of nitrogens with one attached hydrogen (secondary N) is 3. The van der Waals surface area contributed by atoms with E-state index in [-0.39, 0.29) is 21.4 Å². The molecule has 4 aromatic rings. The number of nitrogens with zero attached hydrogens (tertiary/aromatic N) is 1. The Bertz CT molecular complexity index is 1500. The number of carbonyl (C=O) groups is 3. The van der Waals surface area contributed by atoms with E-state index in [0.717, 1.165) is 14.5 Å². The number of aromatic nitrogens is 1. The molecule has 0 spiro atoms. The van der Waals surface area contributed by atoms with Crippen LogP contribution >= 0.6 is 55.1 Å². The summed E-state index contributed by atoms with van der Waals surface area (Å²) in [5.74, 6) is -2.46. The van der Waals surface area contributed by atoms with Crippen LogP contribution in [0.2, 0.25) is 10.0 Å². The fraction of sp³-hybridized carbons (Fsp3) is 0.0417. The number of halogens is 4. The van der Waals surface area contributed by atoms with E-state index >= 15 is 0 Å². The van der Waals surface area contributed by atoms with Crippen molar-refractivity contribution in [2.75, 3.05) is 16.1 Å². The highest BCUT2D eigenvalue weighted by molar-refractivity contribution is 9.10. The molecule has 11 heteroatoms. The molecule has 0 radical (unpaired) electrons. The predicted molar refractivity (Wildman–Crippen MR) is 146 cm³/mol. The van der Waals surface area contributed by atoms with Crippen molar-refractivity contribution in [3.05, 3.63) is 90.9 Å². The lowest BCUT2D eigenvalue weighted by Gasteiger charge is -2.14. The van der Waals surface area contributed by atoms with Gasteiger partial charge in [-0.3, -0.25) is 19.8 Å². The zero-order chi connectivity index (χ0) is 25.3. The smallest absolute Gasteiger partial charge is 0.320 e. The number of aryl methyl sites for hydroxylation is 1. The lowest BCUT2D eigenvalue weighted by molar-refractivity contribution is -0.133. The monoisotopic (exact) mass is 636 g/mol. The Labute approximate surface area is 227 Å². The molecule has 0 aliphatic heterocycles. The number of anilines is 2. The Hall–Kier alpha value is -2.85. The first-order valence-corrected chi connectivity index (χ1v) is 12.4. The number of hydrogen-bond acceptors (Lipinski definition) is 3. The topological polar surface area (TPSA) is 92.2 Å². The molecule has 0 unspecified atom stereocenters. The first kappa shape index (κ1) is 25.2. The van der Waals surface area contributed by atoms with Crippen LogP contribution in [0.5, 0.6) is 0 Å². The van der Waals surface area contributed by atoms with Crippen molar-refractivity contribution >= 4 is 95.1 Å². The maximum Gasteiger partial charge on any atom is 0.328 e. The number of carbonyl (C=O) groups excluding carboxylic acids is 3. The van der Waals surface area contributed by atoms with Crippen molar-refractivity contribution in [1.29, 1.82) is 0 Å². The zero-order valence-electron chi connectivity index (χ0n) is 18.0. The summed E-state index contributed by atoms with van der Waals surface area (Å²) >= 11 is 18.9. The first-order valence-electron chi connectivity index (χ1n) is 10.1. The average Bonchev–Trinajstić information content (AvgIpc) is 3.16. The number of rotatable bonds is 4. The second-order valence-electron chi connectivity index (χ2n) is 7.48. The second kappa shape index (κ2) is 10.4. The maximum absolute atomic E-state index is 13.2. The van der Waals surface area contributed by atoms with E-state index in [4.69, 9.17) is 23.2 Å². The summed E-state index contributed by atoms with van der Waals surface area (Å²) in [6.07, 6.45) is 0. The molecule has 0 saturated heterocycles. The van der Waals surface area contributed by atoms with Crippen molar-refractivity contribution in [3.8, 4) is 0 Å². The molecule has 0 fully saturated rings. The van der Waals surface area contributed by atoms with Crippen LogP contribution in [-0.2, 0) is 9.59 Å². The van der Waals surface area contributed by atoms with Gasteiger partial charge >= 0.3 is 11.8 Å². The summed E-state index contributed by atoms with van der Waals surface area (Å²) in [4.78, 5) is 38.6. The Balaban J connectivity index is 1.65. The minimum Gasteiger partial charge on any atom is -0.320 e. The SMILES string of the molecule is Cc1cc(Br)ccc1NC(=O)c1cc2cc(Br)ccc2n1NC(=O)C(=O)Nc1cccc(Cl)c1Cl. The van der Waals surface area contributed by atoms with Gasteiger partial charge < -0.3 is 10.6 Å². The van der Waals surface area contributed by atoms with Gasteiger partial charge in [0.05, 0.1) is 21.2 Å². The van der Waals surface area contributed by atoms with E-state index in [2.05, 4.69) is 47.9 Å². The van der Waals surface area contributed by atoms with Gasteiger partial charge in [0.15, 0.2) is 0 Å². The summed E-state index contributed by atoms with van der Waals surface area (Å²) in [6, 6.07) is 17.0. The average molecular weight is 639 g/mol. The van der Waals surface area contributed by atoms with Crippen LogP contribution in [0.15, 0.2) is 69.6 Å². The Kier molecular flexibility index (Phi) is 7.51. The molecule has 0 saturated carbocycles. The van der Waals surface area contributed by atoms with Gasteiger partial charge in [-0.1, -0.05) is 61.1 Å². The van der Waals surface area contributed by atoms with E-state index in [0.29, 0.717) is 16.6 Å². The van der Waals surface area contributed by atoms with Crippen LogP contribution in [0, 0.1) is 6.92 Å². The maximum atomic E-state index is 13.2. The lowest BCUT2D eigenvalue weighted by atomic mass is 10.2. The van der Waals surface area contributed by atoms with Crippen LogP contribution in [0.25, 0.3) is 10.9 Å². The molecule has 3 aromatic carbocycles. The van der Waals surface area contributed by atoms with Crippen LogP contribution < -0.4 is 16.1 Å². The van der Waals surface area contributed by atoms with Crippen molar-refractivity contribution in [3.63, 3.8) is 0 Å². The van der Waals surface area contributed by atoms with E-state index in [1.165, 1.54) is 10.7 Å². The summed E-state index contributed by atoms with van der Waals surface area (Å²) < 4.78 is 2.94. The van der Waals surface area contributed by atoms with Crippen LogP contribution in [0.1, 0.15) is 16.1 Å². The van der Waals surface area contributed by atoms with E-state index < -0.39 is 17.7 Å². The fourth-order valence-electron chi connectivity index (χ4n) is 3.36. The third-order valence-corrected chi connectivity index (χ3v) is 6.86. The normalized spacial score (nSPS) is 10.8. The van der Waals surface area contributed by atoms with Crippen molar-refractivity contribution in [2.24, 2.45) is 0 Å². The summed E-state index contributed by atoms with van der Waals surface area (Å²) in [5, 5.41) is 6.29. The molecule has 0 aliphatic carbocycles. The van der Waals surface area contributed by atoms with Gasteiger partial charge in [-0.05, 0) is 67.1 Å². The number of benzene rings is 3. The largest absolute Gasteiger partial charge is 0.328 e. The number of hydrogen-bond donors (Lipinski definition) is 3. The third-order valence-electron chi connectivity index (χ3n) is 5.05. The van der Waals surface area contributed by atoms with Gasteiger partial charge in [-0.2, -0.15) is 0 Å². The van der Waals surface area contributed by atoms with Gasteiger partial charge in [0.1, 0.15) is 5.69 Å². The zero-order valence-corrected chi connectivity index (χ0v) is 22.6. The van der Waals surface area contributed by atoms with Crippen LogP contribution in [0.3, 0.4) is 0 Å².